The van der Waals surface area contributed by atoms with Crippen LogP contribution in [-0.4, -0.2) is 0 Å². The van der Waals surface area contributed by atoms with Crippen molar-refractivity contribution in [1.29, 1.82) is 0 Å². The van der Waals surface area contributed by atoms with Crippen molar-refractivity contribution >= 4 is 11.4 Å². The number of nitrogens with zero attached hydrogens (tertiary/aromatic N) is 1. The van der Waals surface area contributed by atoms with Crippen molar-refractivity contribution in [2.24, 2.45) is 5.73 Å². The summed E-state index contributed by atoms with van der Waals surface area (Å²) in [5.41, 5.74) is 9.05. The van der Waals surface area contributed by atoms with Crippen LogP contribution in [0.2, 0.25) is 0 Å². The maximum absolute atomic E-state index is 5.97. The van der Waals surface area contributed by atoms with Gasteiger partial charge in [0.2, 0.25) is 0 Å². The third kappa shape index (κ3) is 2.92. The Morgan fingerprint density at radius 3 is 1.78 bits per heavy atom. The van der Waals surface area contributed by atoms with Gasteiger partial charge in [0.25, 0.3) is 0 Å². The van der Waals surface area contributed by atoms with Crippen molar-refractivity contribution in [2.75, 3.05) is 4.90 Å². The summed E-state index contributed by atoms with van der Waals surface area (Å²) in [5, 5.41) is 0. The molecule has 0 radical (unpaired) electrons. The van der Waals surface area contributed by atoms with E-state index < -0.39 is 0 Å². The van der Waals surface area contributed by atoms with Gasteiger partial charge < -0.3 is 10.6 Å². The second-order valence-electron chi connectivity index (χ2n) is 4.10. The van der Waals surface area contributed by atoms with Gasteiger partial charge in [-0.25, -0.2) is 0 Å². The smallest absolute Gasteiger partial charge is 0.0456 e. The molecule has 0 aromatic heterocycles. The Bertz CT molecular complexity index is 464. The highest BCUT2D eigenvalue weighted by Gasteiger charge is 2.05. The highest BCUT2D eigenvalue weighted by atomic mass is 15.1. The van der Waals surface area contributed by atoms with E-state index in [2.05, 4.69) is 36.1 Å². The van der Waals surface area contributed by atoms with Crippen LogP contribution in [0.3, 0.4) is 0 Å². The molecule has 0 aliphatic rings. The van der Waals surface area contributed by atoms with Crippen LogP contribution in [0.4, 0.5) is 11.4 Å². The van der Waals surface area contributed by atoms with Gasteiger partial charge in [0, 0.05) is 23.3 Å². The summed E-state index contributed by atoms with van der Waals surface area (Å²) in [6.07, 6.45) is 2.83. The highest BCUT2D eigenvalue weighted by Crippen LogP contribution is 2.25. The normalized spacial score (nSPS) is 11.3. The van der Waals surface area contributed by atoms with Gasteiger partial charge in [0.05, 0.1) is 0 Å². The van der Waals surface area contributed by atoms with Gasteiger partial charge in [0.1, 0.15) is 0 Å². The number of allylic oxidation sites excluding steroid dienone is 1. The minimum atomic E-state index is 0.843. The Hall–Kier alpha value is -2.22. The van der Waals surface area contributed by atoms with Crippen LogP contribution in [0, 0.1) is 0 Å². The number of hydrogen-bond donors (Lipinski definition) is 1. The Labute approximate surface area is 108 Å². The summed E-state index contributed by atoms with van der Waals surface area (Å²) in [7, 11) is 0. The molecule has 0 fully saturated rings. The number of benzene rings is 2. The highest BCUT2D eigenvalue weighted by molar-refractivity contribution is 5.65. The number of nitrogens with two attached hydrogens (primary N) is 1. The largest absolute Gasteiger partial charge is 0.401 e. The first kappa shape index (κ1) is 12.2. The Kier molecular flexibility index (Phi) is 4.02. The molecule has 2 rings (SSSR count). The molecule has 0 saturated heterocycles. The van der Waals surface area contributed by atoms with Gasteiger partial charge in [-0.1, -0.05) is 43.3 Å². The van der Waals surface area contributed by atoms with Crippen LogP contribution in [-0.2, 0) is 0 Å². The van der Waals surface area contributed by atoms with E-state index in [4.69, 9.17) is 5.73 Å². The van der Waals surface area contributed by atoms with Crippen LogP contribution in [0.15, 0.2) is 72.6 Å². The molecule has 0 amide bonds. The molecule has 0 spiro atoms. The second-order valence-corrected chi connectivity index (χ2v) is 4.10. The van der Waals surface area contributed by atoms with Gasteiger partial charge in [-0.05, 0) is 30.7 Å². The Morgan fingerprint density at radius 2 is 1.39 bits per heavy atom. The molecule has 2 nitrogen and oxygen atoms in total. The average Bonchev–Trinajstić information content (AvgIpc) is 2.46. The number of anilines is 2. The predicted octanol–water partition coefficient (Wildman–Crippen LogP) is 4.03. The van der Waals surface area contributed by atoms with Gasteiger partial charge >= 0.3 is 0 Å². The fraction of sp³-hybridized carbons (Fsp3) is 0.125. The van der Waals surface area contributed by atoms with E-state index in [1.807, 2.05) is 42.6 Å². The molecule has 0 unspecified atom stereocenters. The molecule has 0 aliphatic carbocycles. The standard InChI is InChI=1S/C16H18N2/c1-2-14(17)13-18(15-9-5-3-6-10-15)16-11-7-4-8-12-16/h3-13H,2,17H2,1H3/b14-13-. The van der Waals surface area contributed by atoms with Crippen LogP contribution >= 0.6 is 0 Å². The molecule has 18 heavy (non-hydrogen) atoms. The zero-order valence-corrected chi connectivity index (χ0v) is 10.6. The minimum Gasteiger partial charge on any atom is -0.401 e. The van der Waals surface area contributed by atoms with Crippen LogP contribution in [0.5, 0.6) is 0 Å². The van der Waals surface area contributed by atoms with E-state index in [9.17, 15) is 0 Å². The van der Waals surface area contributed by atoms with Crippen molar-refractivity contribution in [3.05, 3.63) is 72.6 Å². The average molecular weight is 238 g/mol. The molecule has 2 aromatic carbocycles. The van der Waals surface area contributed by atoms with Gasteiger partial charge in [-0.15, -0.1) is 0 Å². The van der Waals surface area contributed by atoms with E-state index in [1.165, 1.54) is 0 Å². The van der Waals surface area contributed by atoms with E-state index in [0.29, 0.717) is 0 Å². The fourth-order valence-corrected chi connectivity index (χ4v) is 1.73. The van der Waals surface area contributed by atoms with E-state index >= 15 is 0 Å². The molecule has 0 heterocycles. The third-order valence-electron chi connectivity index (χ3n) is 2.77. The zero-order valence-electron chi connectivity index (χ0n) is 10.6. The van der Waals surface area contributed by atoms with Crippen molar-refractivity contribution in [2.45, 2.75) is 13.3 Å². The van der Waals surface area contributed by atoms with Crippen LogP contribution in [0.25, 0.3) is 0 Å². The number of rotatable bonds is 4. The van der Waals surface area contributed by atoms with Crippen LogP contribution in [0.1, 0.15) is 13.3 Å². The molecule has 0 saturated carbocycles. The van der Waals surface area contributed by atoms with Crippen molar-refractivity contribution in [1.82, 2.24) is 0 Å². The fourth-order valence-electron chi connectivity index (χ4n) is 1.73. The Morgan fingerprint density at radius 1 is 0.944 bits per heavy atom. The van der Waals surface area contributed by atoms with Crippen molar-refractivity contribution in [3.8, 4) is 0 Å². The summed E-state index contributed by atoms with van der Waals surface area (Å²) in [4.78, 5) is 2.11. The molecule has 2 heteroatoms. The molecule has 92 valence electrons. The summed E-state index contributed by atoms with van der Waals surface area (Å²) < 4.78 is 0. The molecule has 2 aromatic rings. The van der Waals surface area contributed by atoms with Crippen molar-refractivity contribution < 1.29 is 0 Å². The maximum atomic E-state index is 5.97. The summed E-state index contributed by atoms with van der Waals surface area (Å²) in [5.74, 6) is 0. The van der Waals surface area contributed by atoms with E-state index in [-0.39, 0.29) is 0 Å². The van der Waals surface area contributed by atoms with Gasteiger partial charge in [0.15, 0.2) is 0 Å². The first-order valence-electron chi connectivity index (χ1n) is 6.16. The minimum absolute atomic E-state index is 0.843. The molecular formula is C16H18N2. The first-order chi connectivity index (χ1) is 8.81. The molecule has 0 aliphatic heterocycles. The van der Waals surface area contributed by atoms with Crippen LogP contribution < -0.4 is 10.6 Å². The predicted molar refractivity (Wildman–Crippen MR) is 77.6 cm³/mol. The number of para-hydroxylation sites is 2. The first-order valence-corrected chi connectivity index (χ1v) is 6.16. The second kappa shape index (κ2) is 5.92. The lowest BCUT2D eigenvalue weighted by Crippen LogP contribution is -2.12. The maximum Gasteiger partial charge on any atom is 0.0456 e. The lowest BCUT2D eigenvalue weighted by Gasteiger charge is -2.21. The molecule has 0 bridgehead atoms. The molecule has 2 N–H and O–H groups in total. The Balaban J connectivity index is 2.42. The summed E-state index contributed by atoms with van der Waals surface area (Å²) in [6.45, 7) is 2.06. The SMILES string of the molecule is CC/C(N)=C/N(c1ccccc1)c1ccccc1. The lowest BCUT2D eigenvalue weighted by molar-refractivity contribution is 1.04. The summed E-state index contributed by atoms with van der Waals surface area (Å²) in [6, 6.07) is 20.4. The lowest BCUT2D eigenvalue weighted by atomic mass is 10.2. The third-order valence-corrected chi connectivity index (χ3v) is 2.77. The van der Waals surface area contributed by atoms with E-state index in [0.717, 1.165) is 23.5 Å². The van der Waals surface area contributed by atoms with Gasteiger partial charge in [-0.2, -0.15) is 0 Å². The number of hydrogen-bond acceptors (Lipinski definition) is 2. The summed E-state index contributed by atoms with van der Waals surface area (Å²) >= 11 is 0. The molecular weight excluding hydrogens is 220 g/mol. The topological polar surface area (TPSA) is 29.3 Å². The van der Waals surface area contributed by atoms with Crippen molar-refractivity contribution in [3.63, 3.8) is 0 Å². The monoisotopic (exact) mass is 238 g/mol. The molecule has 0 atom stereocenters. The quantitative estimate of drug-likeness (QED) is 0.871. The van der Waals surface area contributed by atoms with Gasteiger partial charge in [-0.3, -0.25) is 0 Å². The van der Waals surface area contributed by atoms with E-state index in [1.54, 1.807) is 0 Å². The zero-order chi connectivity index (χ0) is 12.8.